The second-order valence-electron chi connectivity index (χ2n) is 4.63. The van der Waals surface area contributed by atoms with Crippen molar-refractivity contribution in [3.8, 4) is 0 Å². The monoisotopic (exact) mass is 264 g/mol. The highest BCUT2D eigenvalue weighted by Gasteiger charge is 1.94. The Balaban J connectivity index is 1.83. The predicted molar refractivity (Wildman–Crippen MR) is 77.5 cm³/mol. The second-order valence-corrected chi connectivity index (χ2v) is 4.63. The Hall–Kier alpha value is -1.55. The van der Waals surface area contributed by atoms with Crippen LogP contribution in [-0.2, 0) is 6.42 Å². The van der Waals surface area contributed by atoms with E-state index in [2.05, 4.69) is 34.9 Å². The maximum atomic E-state index is 10.2. The summed E-state index contributed by atoms with van der Waals surface area (Å²) >= 11 is 0. The normalized spacial score (nSPS) is 10.3. The Labute approximate surface area is 115 Å². The summed E-state index contributed by atoms with van der Waals surface area (Å²) in [6, 6.07) is 10.5. The summed E-state index contributed by atoms with van der Waals surface area (Å²) < 4.78 is 0. The minimum Gasteiger partial charge on any atom is -0.465 e. The van der Waals surface area contributed by atoms with Gasteiger partial charge < -0.3 is 15.7 Å². The molecule has 3 N–H and O–H groups in total. The van der Waals surface area contributed by atoms with Crippen LogP contribution >= 0.6 is 0 Å². The van der Waals surface area contributed by atoms with E-state index in [0.29, 0.717) is 6.54 Å². The molecule has 0 unspecified atom stereocenters. The molecular formula is C15H24N2O2. The number of benzene rings is 1. The molecule has 0 atom stereocenters. The van der Waals surface area contributed by atoms with Crippen LogP contribution in [0.4, 0.5) is 4.79 Å². The van der Waals surface area contributed by atoms with Crippen LogP contribution in [0, 0.1) is 0 Å². The summed E-state index contributed by atoms with van der Waals surface area (Å²) in [6.07, 6.45) is 4.46. The van der Waals surface area contributed by atoms with Crippen LogP contribution in [0.25, 0.3) is 0 Å². The first-order chi connectivity index (χ1) is 9.29. The van der Waals surface area contributed by atoms with Gasteiger partial charge in [0.05, 0.1) is 0 Å². The van der Waals surface area contributed by atoms with Crippen LogP contribution in [0.1, 0.15) is 31.2 Å². The van der Waals surface area contributed by atoms with Crippen LogP contribution in [0.2, 0.25) is 0 Å². The number of hydrogen-bond acceptors (Lipinski definition) is 2. The van der Waals surface area contributed by atoms with Crippen LogP contribution in [-0.4, -0.2) is 30.8 Å². The van der Waals surface area contributed by atoms with Crippen molar-refractivity contribution in [1.29, 1.82) is 0 Å². The van der Waals surface area contributed by atoms with E-state index in [1.807, 2.05) is 6.07 Å². The van der Waals surface area contributed by atoms with Crippen LogP contribution in [0.15, 0.2) is 30.3 Å². The van der Waals surface area contributed by atoms with Crippen LogP contribution < -0.4 is 10.6 Å². The van der Waals surface area contributed by atoms with E-state index in [4.69, 9.17) is 5.11 Å². The first kappa shape index (κ1) is 15.5. The Morgan fingerprint density at radius 1 is 0.947 bits per heavy atom. The third kappa shape index (κ3) is 9.08. The lowest BCUT2D eigenvalue weighted by atomic mass is 10.1. The SMILES string of the molecule is O=C(O)NCCCCCCNCCc1ccccc1. The van der Waals surface area contributed by atoms with Gasteiger partial charge in [-0.3, -0.25) is 0 Å². The molecule has 0 spiro atoms. The fourth-order valence-electron chi connectivity index (χ4n) is 1.93. The lowest BCUT2D eigenvalue weighted by Crippen LogP contribution is -2.21. The molecule has 0 saturated carbocycles. The van der Waals surface area contributed by atoms with E-state index in [9.17, 15) is 4.79 Å². The lowest BCUT2D eigenvalue weighted by molar-refractivity contribution is 0.194. The van der Waals surface area contributed by atoms with Crippen molar-refractivity contribution in [2.75, 3.05) is 19.6 Å². The quantitative estimate of drug-likeness (QED) is 0.569. The Bertz CT molecular complexity index is 341. The largest absolute Gasteiger partial charge is 0.465 e. The molecule has 4 heteroatoms. The Morgan fingerprint density at radius 2 is 1.63 bits per heavy atom. The molecule has 1 amide bonds. The van der Waals surface area contributed by atoms with Crippen molar-refractivity contribution in [3.63, 3.8) is 0 Å². The first-order valence-electron chi connectivity index (χ1n) is 7.00. The molecule has 19 heavy (non-hydrogen) atoms. The molecule has 0 fully saturated rings. The smallest absolute Gasteiger partial charge is 0.404 e. The molecule has 1 aromatic carbocycles. The molecule has 0 aliphatic carbocycles. The van der Waals surface area contributed by atoms with E-state index in [1.54, 1.807) is 0 Å². The van der Waals surface area contributed by atoms with Gasteiger partial charge in [0.1, 0.15) is 0 Å². The molecule has 1 rings (SSSR count). The molecule has 0 heterocycles. The third-order valence-electron chi connectivity index (χ3n) is 2.99. The number of hydrogen-bond donors (Lipinski definition) is 3. The average Bonchev–Trinajstić information content (AvgIpc) is 2.42. The maximum absolute atomic E-state index is 10.2. The van der Waals surface area contributed by atoms with Gasteiger partial charge in [-0.05, 0) is 37.9 Å². The Morgan fingerprint density at radius 3 is 2.32 bits per heavy atom. The molecule has 0 aliphatic heterocycles. The van der Waals surface area contributed by atoms with Gasteiger partial charge in [-0.25, -0.2) is 4.79 Å². The molecule has 1 aromatic rings. The Kier molecular flexibility index (Phi) is 8.47. The minimum absolute atomic E-state index is 0.566. The van der Waals surface area contributed by atoms with Gasteiger partial charge in [-0.1, -0.05) is 43.2 Å². The second kappa shape index (κ2) is 10.4. The molecule has 4 nitrogen and oxygen atoms in total. The summed E-state index contributed by atoms with van der Waals surface area (Å²) in [5.41, 5.74) is 1.37. The van der Waals surface area contributed by atoms with E-state index in [1.165, 1.54) is 5.56 Å². The van der Waals surface area contributed by atoms with Crippen LogP contribution in [0.3, 0.4) is 0 Å². The van der Waals surface area contributed by atoms with Crippen molar-refractivity contribution in [1.82, 2.24) is 10.6 Å². The number of unbranched alkanes of at least 4 members (excludes halogenated alkanes) is 3. The highest BCUT2D eigenvalue weighted by Crippen LogP contribution is 1.99. The van der Waals surface area contributed by atoms with Gasteiger partial charge in [0, 0.05) is 6.54 Å². The summed E-state index contributed by atoms with van der Waals surface area (Å²) in [7, 11) is 0. The molecule has 0 bridgehead atoms. The van der Waals surface area contributed by atoms with Gasteiger partial charge in [-0.15, -0.1) is 0 Å². The van der Waals surface area contributed by atoms with E-state index in [0.717, 1.165) is 45.2 Å². The lowest BCUT2D eigenvalue weighted by Gasteiger charge is -2.05. The number of carboxylic acid groups (broad SMARTS) is 1. The molecule has 0 saturated heterocycles. The van der Waals surface area contributed by atoms with E-state index in [-0.39, 0.29) is 0 Å². The summed E-state index contributed by atoms with van der Waals surface area (Å²) in [5.74, 6) is 0. The van der Waals surface area contributed by atoms with Gasteiger partial charge in [0.25, 0.3) is 0 Å². The van der Waals surface area contributed by atoms with Crippen molar-refractivity contribution in [3.05, 3.63) is 35.9 Å². The molecule has 0 aromatic heterocycles. The van der Waals surface area contributed by atoms with E-state index < -0.39 is 6.09 Å². The fraction of sp³-hybridized carbons (Fsp3) is 0.533. The van der Waals surface area contributed by atoms with Crippen molar-refractivity contribution >= 4 is 6.09 Å². The van der Waals surface area contributed by atoms with Crippen molar-refractivity contribution in [2.24, 2.45) is 0 Å². The van der Waals surface area contributed by atoms with Gasteiger partial charge in [0.2, 0.25) is 0 Å². The zero-order valence-corrected chi connectivity index (χ0v) is 11.4. The zero-order valence-electron chi connectivity index (χ0n) is 11.4. The van der Waals surface area contributed by atoms with Gasteiger partial charge in [-0.2, -0.15) is 0 Å². The summed E-state index contributed by atoms with van der Waals surface area (Å²) in [6.45, 7) is 2.63. The van der Waals surface area contributed by atoms with Crippen LogP contribution in [0.5, 0.6) is 0 Å². The minimum atomic E-state index is -0.928. The number of carbonyl (C=O) groups is 1. The molecule has 0 aliphatic rings. The number of rotatable bonds is 10. The fourth-order valence-corrected chi connectivity index (χ4v) is 1.93. The summed E-state index contributed by atoms with van der Waals surface area (Å²) in [4.78, 5) is 10.2. The first-order valence-corrected chi connectivity index (χ1v) is 7.00. The summed E-state index contributed by atoms with van der Waals surface area (Å²) in [5, 5.41) is 14.2. The highest BCUT2D eigenvalue weighted by atomic mass is 16.4. The maximum Gasteiger partial charge on any atom is 0.404 e. The molecular weight excluding hydrogens is 240 g/mol. The molecule has 106 valence electrons. The number of amides is 1. The highest BCUT2D eigenvalue weighted by molar-refractivity contribution is 5.64. The topological polar surface area (TPSA) is 61.4 Å². The van der Waals surface area contributed by atoms with Crippen molar-refractivity contribution < 1.29 is 9.90 Å². The average molecular weight is 264 g/mol. The molecule has 0 radical (unpaired) electrons. The van der Waals surface area contributed by atoms with Crippen molar-refractivity contribution in [2.45, 2.75) is 32.1 Å². The zero-order chi connectivity index (χ0) is 13.8. The van der Waals surface area contributed by atoms with E-state index >= 15 is 0 Å². The van der Waals surface area contributed by atoms with Gasteiger partial charge in [0.15, 0.2) is 0 Å². The third-order valence-corrected chi connectivity index (χ3v) is 2.99. The predicted octanol–water partition coefficient (Wildman–Crippen LogP) is 2.65. The standard InChI is InChI=1S/C15H24N2O2/c18-15(19)17-12-7-2-1-6-11-16-13-10-14-8-4-3-5-9-14/h3-5,8-9,16-17H,1-2,6-7,10-13H2,(H,18,19). The number of nitrogens with one attached hydrogen (secondary N) is 2. The van der Waals surface area contributed by atoms with Gasteiger partial charge >= 0.3 is 6.09 Å².